The third-order valence-corrected chi connectivity index (χ3v) is 4.89. The van der Waals surface area contributed by atoms with E-state index in [0.29, 0.717) is 12.2 Å². The molecule has 2 aromatic carbocycles. The standard InChI is InChI=1S/C18H18N2O3S/c1-3-16-17(13-8-10-14(11-9-13)24(19,21)22)18(23-20-16)15-7-5-4-6-12(15)2/h4-11H,3H2,1-2H3,(H2,19,21,22). The fraction of sp³-hybridized carbons (Fsp3) is 0.167. The minimum absolute atomic E-state index is 0.0817. The van der Waals surface area contributed by atoms with Gasteiger partial charge in [0.2, 0.25) is 10.0 Å². The molecule has 1 heterocycles. The summed E-state index contributed by atoms with van der Waals surface area (Å²) in [6.45, 7) is 4.01. The molecule has 0 saturated heterocycles. The minimum atomic E-state index is -3.71. The fourth-order valence-corrected chi connectivity index (χ4v) is 3.20. The van der Waals surface area contributed by atoms with Crippen molar-refractivity contribution in [3.63, 3.8) is 0 Å². The van der Waals surface area contributed by atoms with Crippen LogP contribution in [0.4, 0.5) is 0 Å². The predicted molar refractivity (Wildman–Crippen MR) is 92.9 cm³/mol. The molecule has 2 N–H and O–H groups in total. The normalized spacial score (nSPS) is 11.6. The van der Waals surface area contributed by atoms with Gasteiger partial charge in [-0.2, -0.15) is 0 Å². The van der Waals surface area contributed by atoms with Gasteiger partial charge in [0, 0.05) is 5.56 Å². The molecule has 0 aliphatic carbocycles. The number of aromatic nitrogens is 1. The van der Waals surface area contributed by atoms with Gasteiger partial charge < -0.3 is 4.52 Å². The van der Waals surface area contributed by atoms with Gasteiger partial charge in [0.15, 0.2) is 5.76 Å². The maximum absolute atomic E-state index is 11.4. The number of benzene rings is 2. The van der Waals surface area contributed by atoms with Crippen LogP contribution in [0.3, 0.4) is 0 Å². The molecule has 5 nitrogen and oxygen atoms in total. The third-order valence-electron chi connectivity index (χ3n) is 3.96. The van der Waals surface area contributed by atoms with Crippen molar-refractivity contribution in [1.29, 1.82) is 0 Å². The van der Waals surface area contributed by atoms with E-state index in [9.17, 15) is 8.42 Å². The Morgan fingerprint density at radius 3 is 2.33 bits per heavy atom. The average molecular weight is 342 g/mol. The van der Waals surface area contributed by atoms with E-state index < -0.39 is 10.0 Å². The van der Waals surface area contributed by atoms with Gasteiger partial charge >= 0.3 is 0 Å². The second kappa shape index (κ2) is 6.22. The van der Waals surface area contributed by atoms with Gasteiger partial charge in [0.25, 0.3) is 0 Å². The summed E-state index contributed by atoms with van der Waals surface area (Å²) in [6.07, 6.45) is 0.710. The van der Waals surface area contributed by atoms with Gasteiger partial charge in [-0.3, -0.25) is 0 Å². The maximum atomic E-state index is 11.4. The molecule has 124 valence electrons. The van der Waals surface area contributed by atoms with E-state index in [-0.39, 0.29) is 4.90 Å². The predicted octanol–water partition coefficient (Wildman–Crippen LogP) is 3.53. The molecular formula is C18H18N2O3S. The van der Waals surface area contributed by atoms with Crippen LogP contribution in [0.25, 0.3) is 22.5 Å². The summed E-state index contributed by atoms with van der Waals surface area (Å²) >= 11 is 0. The molecule has 0 aliphatic heterocycles. The molecule has 3 rings (SSSR count). The van der Waals surface area contributed by atoms with Gasteiger partial charge in [0.1, 0.15) is 0 Å². The highest BCUT2D eigenvalue weighted by atomic mass is 32.2. The number of sulfonamides is 1. The van der Waals surface area contributed by atoms with Crippen LogP contribution < -0.4 is 5.14 Å². The summed E-state index contributed by atoms with van der Waals surface area (Å²) in [6, 6.07) is 14.4. The lowest BCUT2D eigenvalue weighted by Gasteiger charge is -2.07. The average Bonchev–Trinajstić information content (AvgIpc) is 2.98. The van der Waals surface area contributed by atoms with Gasteiger partial charge in [0.05, 0.1) is 16.2 Å². The fourth-order valence-electron chi connectivity index (χ4n) is 2.68. The minimum Gasteiger partial charge on any atom is -0.355 e. The van der Waals surface area contributed by atoms with Crippen molar-refractivity contribution in [2.24, 2.45) is 5.14 Å². The van der Waals surface area contributed by atoms with Crippen molar-refractivity contribution < 1.29 is 12.9 Å². The molecule has 24 heavy (non-hydrogen) atoms. The van der Waals surface area contributed by atoms with Gasteiger partial charge in [-0.15, -0.1) is 0 Å². The number of primary sulfonamides is 1. The second-order valence-corrected chi connectivity index (χ2v) is 7.13. The zero-order chi connectivity index (χ0) is 17.3. The lowest BCUT2D eigenvalue weighted by Crippen LogP contribution is -2.11. The number of nitrogens with zero attached hydrogens (tertiary/aromatic N) is 1. The van der Waals surface area contributed by atoms with E-state index in [1.54, 1.807) is 12.1 Å². The molecule has 3 aromatic rings. The second-order valence-electron chi connectivity index (χ2n) is 5.57. The van der Waals surface area contributed by atoms with E-state index in [2.05, 4.69) is 5.16 Å². The SMILES string of the molecule is CCc1noc(-c2ccccc2C)c1-c1ccc(S(N)(=O)=O)cc1. The number of hydrogen-bond acceptors (Lipinski definition) is 4. The first-order chi connectivity index (χ1) is 11.4. The summed E-state index contributed by atoms with van der Waals surface area (Å²) in [5.74, 6) is 0.688. The lowest BCUT2D eigenvalue weighted by molar-refractivity contribution is 0.424. The summed E-state index contributed by atoms with van der Waals surface area (Å²) in [5, 5.41) is 9.35. The number of nitrogens with two attached hydrogens (primary N) is 1. The van der Waals surface area contributed by atoms with Crippen molar-refractivity contribution in [1.82, 2.24) is 5.16 Å². The molecular weight excluding hydrogens is 324 g/mol. The Labute approximate surface area is 141 Å². The Kier molecular flexibility index (Phi) is 4.26. The molecule has 0 amide bonds. The van der Waals surface area contributed by atoms with Gasteiger partial charge in [-0.1, -0.05) is 48.5 Å². The van der Waals surface area contributed by atoms with Crippen LogP contribution in [-0.4, -0.2) is 13.6 Å². The van der Waals surface area contributed by atoms with E-state index in [1.165, 1.54) is 12.1 Å². The highest BCUT2D eigenvalue weighted by Gasteiger charge is 2.20. The first-order valence-corrected chi connectivity index (χ1v) is 9.14. The van der Waals surface area contributed by atoms with E-state index in [1.807, 2.05) is 38.1 Å². The third kappa shape index (κ3) is 2.98. The van der Waals surface area contributed by atoms with Crippen molar-refractivity contribution in [2.75, 3.05) is 0 Å². The lowest BCUT2D eigenvalue weighted by atomic mass is 9.96. The molecule has 0 fully saturated rings. The molecule has 0 unspecified atom stereocenters. The van der Waals surface area contributed by atoms with Gasteiger partial charge in [-0.25, -0.2) is 13.6 Å². The van der Waals surface area contributed by atoms with Crippen LogP contribution in [0.5, 0.6) is 0 Å². The van der Waals surface area contributed by atoms with Crippen molar-refractivity contribution >= 4 is 10.0 Å². The Balaban J connectivity index is 2.17. The van der Waals surface area contributed by atoms with Crippen LogP contribution in [0.15, 0.2) is 57.9 Å². The Bertz CT molecular complexity index is 974. The molecule has 1 aromatic heterocycles. The van der Waals surface area contributed by atoms with Crippen molar-refractivity contribution in [3.8, 4) is 22.5 Å². The smallest absolute Gasteiger partial charge is 0.238 e. The molecule has 0 bridgehead atoms. The Morgan fingerprint density at radius 2 is 1.75 bits per heavy atom. The van der Waals surface area contributed by atoms with E-state index >= 15 is 0 Å². The summed E-state index contributed by atoms with van der Waals surface area (Å²) < 4.78 is 28.5. The molecule has 0 saturated carbocycles. The number of aryl methyl sites for hydroxylation is 2. The highest BCUT2D eigenvalue weighted by Crippen LogP contribution is 2.37. The summed E-state index contributed by atoms with van der Waals surface area (Å²) in [7, 11) is -3.71. The Morgan fingerprint density at radius 1 is 1.08 bits per heavy atom. The number of rotatable bonds is 4. The molecule has 6 heteroatoms. The van der Waals surface area contributed by atoms with E-state index in [0.717, 1.165) is 27.9 Å². The highest BCUT2D eigenvalue weighted by molar-refractivity contribution is 7.89. The van der Waals surface area contributed by atoms with Crippen LogP contribution in [0, 0.1) is 6.92 Å². The largest absolute Gasteiger partial charge is 0.355 e. The van der Waals surface area contributed by atoms with Crippen molar-refractivity contribution in [2.45, 2.75) is 25.2 Å². The summed E-state index contributed by atoms with van der Waals surface area (Å²) in [5.41, 5.74) is 4.61. The van der Waals surface area contributed by atoms with Crippen molar-refractivity contribution in [3.05, 3.63) is 59.8 Å². The summed E-state index contributed by atoms with van der Waals surface area (Å²) in [4.78, 5) is 0.0817. The first kappa shape index (κ1) is 16.4. The molecule has 0 spiro atoms. The quantitative estimate of drug-likeness (QED) is 0.786. The first-order valence-electron chi connectivity index (χ1n) is 7.59. The van der Waals surface area contributed by atoms with Gasteiger partial charge in [-0.05, 0) is 36.6 Å². The zero-order valence-corrected chi connectivity index (χ0v) is 14.3. The van der Waals surface area contributed by atoms with Crippen LogP contribution in [-0.2, 0) is 16.4 Å². The molecule has 0 radical (unpaired) electrons. The molecule has 0 aliphatic rings. The van der Waals surface area contributed by atoms with E-state index in [4.69, 9.17) is 9.66 Å². The Hall–Kier alpha value is -2.44. The van der Waals surface area contributed by atoms with Crippen LogP contribution in [0.1, 0.15) is 18.2 Å². The zero-order valence-electron chi connectivity index (χ0n) is 13.5. The molecule has 0 atom stereocenters. The van der Waals surface area contributed by atoms with Crippen LogP contribution >= 0.6 is 0 Å². The van der Waals surface area contributed by atoms with Crippen LogP contribution in [0.2, 0.25) is 0 Å². The monoisotopic (exact) mass is 342 g/mol. The number of hydrogen-bond donors (Lipinski definition) is 1. The maximum Gasteiger partial charge on any atom is 0.238 e. The topological polar surface area (TPSA) is 86.2 Å².